The van der Waals surface area contributed by atoms with E-state index in [-0.39, 0.29) is 0 Å². The third-order valence-corrected chi connectivity index (χ3v) is 3.74. The van der Waals surface area contributed by atoms with Crippen LogP contribution in [-0.2, 0) is 11.3 Å². The Labute approximate surface area is 134 Å². The molecule has 0 aliphatic rings. The first-order valence-electron chi connectivity index (χ1n) is 7.49. The predicted octanol–water partition coefficient (Wildman–Crippen LogP) is 2.19. The summed E-state index contributed by atoms with van der Waals surface area (Å²) in [6, 6.07) is 8.10. The Hall–Kier alpha value is -2.44. The number of methoxy groups -OCH3 is 1. The van der Waals surface area contributed by atoms with Crippen LogP contribution in [0.2, 0.25) is 0 Å². The Kier molecular flexibility index (Phi) is 4.55. The van der Waals surface area contributed by atoms with Crippen LogP contribution in [0.15, 0.2) is 36.7 Å². The van der Waals surface area contributed by atoms with E-state index in [2.05, 4.69) is 23.1 Å². The van der Waals surface area contributed by atoms with Crippen molar-refractivity contribution in [2.75, 3.05) is 20.3 Å². The number of hydrogen-bond acceptors (Lipinski definition) is 5. The summed E-state index contributed by atoms with van der Waals surface area (Å²) in [4.78, 5) is 4.64. The summed E-state index contributed by atoms with van der Waals surface area (Å²) in [5, 5.41) is 4.30. The van der Waals surface area contributed by atoms with Gasteiger partial charge in [0.25, 0.3) is 0 Å². The standard InChI is InChI=1S/C17H20N4O2/c1-12-9-13(3-4-14(12)10-18)17-15-5-6-19-21(15)11-16(20-17)23-8-7-22-2/h3-6,9,11H,7-8,10,18H2,1-2H3. The lowest BCUT2D eigenvalue weighted by atomic mass is 10.0. The van der Waals surface area contributed by atoms with Gasteiger partial charge in [-0.25, -0.2) is 9.50 Å². The summed E-state index contributed by atoms with van der Waals surface area (Å²) >= 11 is 0. The minimum atomic E-state index is 0.445. The monoisotopic (exact) mass is 312 g/mol. The van der Waals surface area contributed by atoms with E-state index in [1.807, 2.05) is 18.2 Å². The molecule has 0 spiro atoms. The molecular weight excluding hydrogens is 292 g/mol. The molecule has 1 aromatic carbocycles. The smallest absolute Gasteiger partial charge is 0.233 e. The minimum absolute atomic E-state index is 0.445. The summed E-state index contributed by atoms with van der Waals surface area (Å²) < 4.78 is 12.4. The van der Waals surface area contributed by atoms with Crippen molar-refractivity contribution >= 4 is 5.52 Å². The van der Waals surface area contributed by atoms with Gasteiger partial charge in [-0.3, -0.25) is 0 Å². The van der Waals surface area contributed by atoms with E-state index < -0.39 is 0 Å². The molecule has 2 N–H and O–H groups in total. The molecule has 0 bridgehead atoms. The van der Waals surface area contributed by atoms with E-state index in [9.17, 15) is 0 Å². The molecule has 2 aromatic heterocycles. The Morgan fingerprint density at radius 3 is 2.83 bits per heavy atom. The first-order valence-corrected chi connectivity index (χ1v) is 7.49. The van der Waals surface area contributed by atoms with E-state index in [0.717, 1.165) is 27.9 Å². The van der Waals surface area contributed by atoms with Crippen LogP contribution in [0.1, 0.15) is 11.1 Å². The quantitative estimate of drug-likeness (QED) is 0.706. The Balaban J connectivity index is 2.04. The van der Waals surface area contributed by atoms with E-state index >= 15 is 0 Å². The van der Waals surface area contributed by atoms with E-state index in [0.29, 0.717) is 25.6 Å². The van der Waals surface area contributed by atoms with Gasteiger partial charge in [-0.15, -0.1) is 0 Å². The number of nitrogens with two attached hydrogens (primary N) is 1. The molecule has 2 heterocycles. The third kappa shape index (κ3) is 3.18. The molecule has 0 atom stereocenters. The van der Waals surface area contributed by atoms with Crippen molar-refractivity contribution in [3.05, 3.63) is 47.8 Å². The predicted molar refractivity (Wildman–Crippen MR) is 88.4 cm³/mol. The Morgan fingerprint density at radius 2 is 2.09 bits per heavy atom. The van der Waals surface area contributed by atoms with Gasteiger partial charge in [-0.2, -0.15) is 5.10 Å². The highest BCUT2D eigenvalue weighted by Gasteiger charge is 2.11. The molecule has 23 heavy (non-hydrogen) atoms. The van der Waals surface area contributed by atoms with E-state index in [1.54, 1.807) is 24.0 Å². The number of aromatic nitrogens is 3. The average Bonchev–Trinajstić information content (AvgIpc) is 3.02. The second kappa shape index (κ2) is 6.76. The summed E-state index contributed by atoms with van der Waals surface area (Å²) in [6.45, 7) is 3.54. The lowest BCUT2D eigenvalue weighted by Crippen LogP contribution is -2.07. The number of fused-ring (bicyclic) bond motifs is 1. The van der Waals surface area contributed by atoms with Gasteiger partial charge in [0, 0.05) is 19.2 Å². The molecule has 0 aliphatic carbocycles. The lowest BCUT2D eigenvalue weighted by Gasteiger charge is -2.11. The highest BCUT2D eigenvalue weighted by atomic mass is 16.5. The summed E-state index contributed by atoms with van der Waals surface area (Å²) in [5.74, 6) is 0.522. The van der Waals surface area contributed by atoms with Gasteiger partial charge in [0.2, 0.25) is 5.88 Å². The van der Waals surface area contributed by atoms with Crippen LogP contribution >= 0.6 is 0 Å². The fraction of sp³-hybridized carbons (Fsp3) is 0.294. The molecule has 6 heteroatoms. The van der Waals surface area contributed by atoms with Crippen LogP contribution in [0.4, 0.5) is 0 Å². The van der Waals surface area contributed by atoms with Gasteiger partial charge in [-0.05, 0) is 30.2 Å². The van der Waals surface area contributed by atoms with Crippen LogP contribution in [0.25, 0.3) is 16.8 Å². The molecule has 0 amide bonds. The highest BCUT2D eigenvalue weighted by molar-refractivity contribution is 5.77. The lowest BCUT2D eigenvalue weighted by molar-refractivity contribution is 0.143. The molecule has 0 saturated heterocycles. The van der Waals surface area contributed by atoms with Gasteiger partial charge in [0.05, 0.1) is 24.5 Å². The average molecular weight is 312 g/mol. The van der Waals surface area contributed by atoms with Gasteiger partial charge in [0.15, 0.2) is 0 Å². The molecule has 0 unspecified atom stereocenters. The largest absolute Gasteiger partial charge is 0.474 e. The maximum Gasteiger partial charge on any atom is 0.233 e. The number of rotatable bonds is 6. The van der Waals surface area contributed by atoms with Crippen LogP contribution in [0.3, 0.4) is 0 Å². The molecule has 6 nitrogen and oxygen atoms in total. The van der Waals surface area contributed by atoms with Crippen molar-refractivity contribution in [2.45, 2.75) is 13.5 Å². The zero-order valence-corrected chi connectivity index (χ0v) is 13.3. The molecular formula is C17H20N4O2. The zero-order valence-electron chi connectivity index (χ0n) is 13.3. The van der Waals surface area contributed by atoms with Crippen LogP contribution in [0.5, 0.6) is 5.88 Å². The molecule has 0 radical (unpaired) electrons. The maximum atomic E-state index is 5.74. The van der Waals surface area contributed by atoms with Crippen molar-refractivity contribution in [3.63, 3.8) is 0 Å². The molecule has 120 valence electrons. The fourth-order valence-electron chi connectivity index (χ4n) is 2.49. The van der Waals surface area contributed by atoms with Crippen molar-refractivity contribution in [2.24, 2.45) is 5.73 Å². The second-order valence-corrected chi connectivity index (χ2v) is 5.28. The highest BCUT2D eigenvalue weighted by Crippen LogP contribution is 2.27. The van der Waals surface area contributed by atoms with Gasteiger partial charge < -0.3 is 15.2 Å². The molecule has 0 fully saturated rings. The van der Waals surface area contributed by atoms with Gasteiger partial charge in [0.1, 0.15) is 12.3 Å². The van der Waals surface area contributed by atoms with Crippen LogP contribution in [-0.4, -0.2) is 34.9 Å². The first kappa shape index (κ1) is 15.5. The van der Waals surface area contributed by atoms with Crippen molar-refractivity contribution in [1.82, 2.24) is 14.6 Å². The topological polar surface area (TPSA) is 74.7 Å². The summed E-state index contributed by atoms with van der Waals surface area (Å²) in [7, 11) is 1.64. The van der Waals surface area contributed by atoms with Crippen LogP contribution < -0.4 is 10.5 Å². The Morgan fingerprint density at radius 1 is 1.22 bits per heavy atom. The van der Waals surface area contributed by atoms with Crippen molar-refractivity contribution in [3.8, 4) is 17.1 Å². The fourth-order valence-corrected chi connectivity index (χ4v) is 2.49. The van der Waals surface area contributed by atoms with E-state index in [1.165, 1.54) is 0 Å². The number of ether oxygens (including phenoxy) is 2. The number of nitrogens with zero attached hydrogens (tertiary/aromatic N) is 3. The molecule has 3 aromatic rings. The van der Waals surface area contributed by atoms with Crippen LogP contribution in [0, 0.1) is 6.92 Å². The number of hydrogen-bond donors (Lipinski definition) is 1. The van der Waals surface area contributed by atoms with Crippen molar-refractivity contribution < 1.29 is 9.47 Å². The minimum Gasteiger partial charge on any atom is -0.474 e. The molecule has 0 aliphatic heterocycles. The maximum absolute atomic E-state index is 5.74. The first-order chi connectivity index (χ1) is 11.2. The molecule has 3 rings (SSSR count). The molecule has 0 saturated carbocycles. The second-order valence-electron chi connectivity index (χ2n) is 5.28. The number of benzene rings is 1. The van der Waals surface area contributed by atoms with Crippen molar-refractivity contribution in [1.29, 1.82) is 0 Å². The summed E-state index contributed by atoms with van der Waals surface area (Å²) in [6.07, 6.45) is 3.52. The van der Waals surface area contributed by atoms with Gasteiger partial charge >= 0.3 is 0 Å². The summed E-state index contributed by atoms with van der Waals surface area (Å²) in [5.41, 5.74) is 10.8. The van der Waals surface area contributed by atoms with E-state index in [4.69, 9.17) is 15.2 Å². The van der Waals surface area contributed by atoms with Gasteiger partial charge in [-0.1, -0.05) is 12.1 Å². The number of aryl methyl sites for hydroxylation is 1. The normalized spacial score (nSPS) is 11.1. The third-order valence-electron chi connectivity index (χ3n) is 3.74. The Bertz CT molecular complexity index is 813. The zero-order chi connectivity index (χ0) is 16.2. The SMILES string of the molecule is COCCOc1cn2nccc2c(-c2ccc(CN)c(C)c2)n1.